The molecule has 0 atom stereocenters. The van der Waals surface area contributed by atoms with Crippen LogP contribution >= 0.6 is 0 Å². The van der Waals surface area contributed by atoms with E-state index in [1.165, 1.54) is 16.7 Å². The molecule has 0 radical (unpaired) electrons. The average molecular weight is 492 g/mol. The predicted molar refractivity (Wildman–Crippen MR) is 145 cm³/mol. The van der Waals surface area contributed by atoms with E-state index >= 15 is 0 Å². The third-order valence-corrected chi connectivity index (χ3v) is 6.52. The van der Waals surface area contributed by atoms with E-state index in [0.717, 1.165) is 39.6 Å². The second-order valence-electron chi connectivity index (χ2n) is 8.93. The molecule has 37 heavy (non-hydrogen) atoms. The van der Waals surface area contributed by atoms with Gasteiger partial charge in [0.15, 0.2) is 11.5 Å². The Morgan fingerprint density at radius 3 is 2.59 bits per heavy atom. The lowest BCUT2D eigenvalue weighted by Crippen LogP contribution is -2.15. The molecule has 186 valence electrons. The number of rotatable bonds is 8. The Morgan fingerprint density at radius 1 is 0.919 bits per heavy atom. The minimum absolute atomic E-state index is 0.364. The zero-order valence-electron chi connectivity index (χ0n) is 20.8. The highest BCUT2D eigenvalue weighted by Gasteiger charge is 2.14. The van der Waals surface area contributed by atoms with Crippen molar-refractivity contribution in [1.82, 2.24) is 0 Å². The van der Waals surface area contributed by atoms with Crippen LogP contribution in [0.2, 0.25) is 0 Å². The molecule has 4 aromatic rings. The number of fused-ring (bicyclic) bond motifs is 1. The molecule has 4 aromatic carbocycles. The molecule has 1 aliphatic heterocycles. The maximum absolute atomic E-state index is 9.14. The van der Waals surface area contributed by atoms with Gasteiger partial charge < -0.3 is 25.3 Å². The van der Waals surface area contributed by atoms with Crippen molar-refractivity contribution >= 4 is 5.69 Å². The Hall–Kier alpha value is -4.47. The van der Waals surface area contributed by atoms with E-state index in [-0.39, 0.29) is 0 Å². The van der Waals surface area contributed by atoms with Gasteiger partial charge in [0.1, 0.15) is 25.6 Å². The largest absolute Gasteiger partial charge is 0.488 e. The first kappa shape index (κ1) is 24.2. The van der Waals surface area contributed by atoms with Crippen molar-refractivity contribution in [2.45, 2.75) is 26.6 Å². The molecular formula is C31H29N3O3. The van der Waals surface area contributed by atoms with Crippen LogP contribution in [0.15, 0.2) is 78.9 Å². The van der Waals surface area contributed by atoms with E-state index in [4.69, 9.17) is 25.2 Å². The number of nitrogens with two attached hydrogens (primary N) is 1. The van der Waals surface area contributed by atoms with Crippen LogP contribution in [-0.2, 0) is 19.7 Å². The summed E-state index contributed by atoms with van der Waals surface area (Å²) < 4.78 is 17.5. The molecule has 1 aliphatic rings. The van der Waals surface area contributed by atoms with Crippen molar-refractivity contribution in [2.75, 3.05) is 18.5 Å². The maximum atomic E-state index is 9.14. The summed E-state index contributed by atoms with van der Waals surface area (Å²) in [6.45, 7) is 4.70. The summed E-state index contributed by atoms with van der Waals surface area (Å²) in [6.07, 6.45) is 0. The lowest BCUT2D eigenvalue weighted by atomic mass is 9.96. The van der Waals surface area contributed by atoms with Crippen LogP contribution in [0.1, 0.15) is 27.8 Å². The van der Waals surface area contributed by atoms with Crippen LogP contribution in [0, 0.1) is 18.3 Å². The predicted octanol–water partition coefficient (Wildman–Crippen LogP) is 5.95. The number of benzene rings is 4. The zero-order chi connectivity index (χ0) is 25.6. The Kier molecular flexibility index (Phi) is 7.25. The molecule has 0 bridgehead atoms. The van der Waals surface area contributed by atoms with E-state index < -0.39 is 0 Å². The second kappa shape index (κ2) is 11.1. The van der Waals surface area contributed by atoms with Crippen molar-refractivity contribution in [1.29, 1.82) is 5.26 Å². The summed E-state index contributed by atoms with van der Waals surface area (Å²) in [5.74, 6) is 2.32. The van der Waals surface area contributed by atoms with E-state index in [1.54, 1.807) is 6.07 Å². The van der Waals surface area contributed by atoms with Crippen molar-refractivity contribution in [3.63, 3.8) is 0 Å². The summed E-state index contributed by atoms with van der Waals surface area (Å²) in [7, 11) is 0. The SMILES string of the molecule is Cc1c(CNc2ccc(CN)c(OCc3cccc(C#N)c3)c2)cccc1-c1ccc2c(c1)OCCO2. The molecule has 0 unspecified atom stereocenters. The molecule has 3 N–H and O–H groups in total. The van der Waals surface area contributed by atoms with Gasteiger partial charge in [-0.05, 0) is 65.1 Å². The second-order valence-corrected chi connectivity index (χ2v) is 8.93. The highest BCUT2D eigenvalue weighted by molar-refractivity contribution is 5.71. The Morgan fingerprint density at radius 2 is 1.76 bits per heavy atom. The molecule has 0 amide bonds. The highest BCUT2D eigenvalue weighted by Crippen LogP contribution is 2.36. The third-order valence-electron chi connectivity index (χ3n) is 6.52. The van der Waals surface area contributed by atoms with Crippen LogP contribution in [-0.4, -0.2) is 13.2 Å². The van der Waals surface area contributed by atoms with Gasteiger partial charge in [-0.2, -0.15) is 5.26 Å². The Labute approximate surface area is 217 Å². The highest BCUT2D eigenvalue weighted by atomic mass is 16.6. The summed E-state index contributed by atoms with van der Waals surface area (Å²) in [4.78, 5) is 0. The number of nitriles is 1. The third kappa shape index (κ3) is 5.53. The average Bonchev–Trinajstić information content (AvgIpc) is 2.95. The minimum atomic E-state index is 0.364. The fourth-order valence-corrected chi connectivity index (χ4v) is 4.46. The molecular weight excluding hydrogens is 462 g/mol. The van der Waals surface area contributed by atoms with E-state index in [9.17, 15) is 0 Å². The van der Waals surface area contributed by atoms with Crippen molar-refractivity contribution < 1.29 is 14.2 Å². The van der Waals surface area contributed by atoms with Gasteiger partial charge in [0, 0.05) is 30.4 Å². The molecule has 0 saturated heterocycles. The molecule has 5 rings (SSSR count). The van der Waals surface area contributed by atoms with E-state index in [1.807, 2.05) is 42.5 Å². The monoisotopic (exact) mass is 491 g/mol. The van der Waals surface area contributed by atoms with Gasteiger partial charge in [0.25, 0.3) is 0 Å². The number of ether oxygens (including phenoxy) is 3. The fourth-order valence-electron chi connectivity index (χ4n) is 4.46. The molecule has 0 fully saturated rings. The normalized spacial score (nSPS) is 12.0. The number of hydrogen-bond acceptors (Lipinski definition) is 6. The quantitative estimate of drug-likeness (QED) is 0.316. The van der Waals surface area contributed by atoms with Crippen molar-refractivity contribution in [3.05, 3.63) is 107 Å². The topological polar surface area (TPSA) is 89.5 Å². The maximum Gasteiger partial charge on any atom is 0.161 e. The van der Waals surface area contributed by atoms with Crippen LogP contribution in [0.5, 0.6) is 17.2 Å². The summed E-state index contributed by atoms with van der Waals surface area (Å²) >= 11 is 0. The Balaban J connectivity index is 1.31. The Bertz CT molecular complexity index is 1460. The van der Waals surface area contributed by atoms with Crippen molar-refractivity contribution in [2.24, 2.45) is 5.73 Å². The van der Waals surface area contributed by atoms with E-state index in [0.29, 0.717) is 38.5 Å². The summed E-state index contributed by atoms with van der Waals surface area (Å²) in [5.41, 5.74) is 14.1. The van der Waals surface area contributed by atoms with Gasteiger partial charge in [-0.25, -0.2) is 0 Å². The van der Waals surface area contributed by atoms with Crippen LogP contribution in [0.3, 0.4) is 0 Å². The van der Waals surface area contributed by atoms with Crippen LogP contribution < -0.4 is 25.3 Å². The summed E-state index contributed by atoms with van der Waals surface area (Å²) in [6, 6.07) is 28.0. The molecule has 0 aromatic heterocycles. The zero-order valence-corrected chi connectivity index (χ0v) is 20.8. The molecule has 6 heteroatoms. The minimum Gasteiger partial charge on any atom is -0.488 e. The standard InChI is InChI=1S/C31H29N3O3/c1-21-26(6-3-7-28(21)24-9-11-29-31(15-24)36-13-12-35-29)19-34-27-10-8-25(18-33)30(16-27)37-20-23-5-2-4-22(14-23)17-32/h2-11,14-16,34H,12-13,18-20,33H2,1H3. The van der Waals surface area contributed by atoms with Gasteiger partial charge in [0.2, 0.25) is 0 Å². The first-order valence-electron chi connectivity index (χ1n) is 12.3. The number of nitrogens with one attached hydrogen (secondary N) is 1. The van der Waals surface area contributed by atoms with Gasteiger partial charge in [-0.3, -0.25) is 0 Å². The summed E-state index contributed by atoms with van der Waals surface area (Å²) in [5, 5.41) is 12.7. The molecule has 0 aliphatic carbocycles. The lowest BCUT2D eigenvalue weighted by Gasteiger charge is -2.20. The molecule has 6 nitrogen and oxygen atoms in total. The van der Waals surface area contributed by atoms with Gasteiger partial charge in [-0.15, -0.1) is 0 Å². The first-order valence-corrected chi connectivity index (χ1v) is 12.3. The van der Waals surface area contributed by atoms with Crippen LogP contribution in [0.25, 0.3) is 11.1 Å². The number of anilines is 1. The fraction of sp³-hybridized carbons (Fsp3) is 0.194. The van der Waals surface area contributed by atoms with Gasteiger partial charge in [-0.1, -0.05) is 42.5 Å². The van der Waals surface area contributed by atoms with Gasteiger partial charge in [0.05, 0.1) is 11.6 Å². The molecule has 0 saturated carbocycles. The molecule has 0 spiro atoms. The number of nitrogens with zero attached hydrogens (tertiary/aromatic N) is 1. The molecule has 1 heterocycles. The van der Waals surface area contributed by atoms with E-state index in [2.05, 4.69) is 48.6 Å². The first-order chi connectivity index (χ1) is 18.1. The van der Waals surface area contributed by atoms with Gasteiger partial charge >= 0.3 is 0 Å². The smallest absolute Gasteiger partial charge is 0.161 e. The number of hydrogen-bond donors (Lipinski definition) is 2. The van der Waals surface area contributed by atoms with Crippen molar-refractivity contribution in [3.8, 4) is 34.4 Å². The van der Waals surface area contributed by atoms with Crippen LogP contribution in [0.4, 0.5) is 5.69 Å². The lowest BCUT2D eigenvalue weighted by molar-refractivity contribution is 0.171.